The van der Waals surface area contributed by atoms with Crippen LogP contribution in [-0.4, -0.2) is 22.6 Å². The number of aryl methyl sites for hydroxylation is 1. The summed E-state index contributed by atoms with van der Waals surface area (Å²) in [4.78, 5) is 27.1. The highest BCUT2D eigenvalue weighted by molar-refractivity contribution is 9.10. The highest BCUT2D eigenvalue weighted by Gasteiger charge is 2.36. The number of carbonyl (C=O) groups excluding carboxylic acids is 2. The van der Waals surface area contributed by atoms with Gasteiger partial charge in [-0.3, -0.25) is 14.5 Å². The molecule has 0 aromatic heterocycles. The average Bonchev–Trinajstić information content (AvgIpc) is 3.02. The van der Waals surface area contributed by atoms with E-state index in [0.29, 0.717) is 24.0 Å². The molecule has 1 saturated heterocycles. The fourth-order valence-electron chi connectivity index (χ4n) is 4.01. The minimum atomic E-state index is -0.170. The maximum absolute atomic E-state index is 12.8. The van der Waals surface area contributed by atoms with Crippen LogP contribution in [0.3, 0.4) is 0 Å². The number of benzene rings is 2. The van der Waals surface area contributed by atoms with Gasteiger partial charge < -0.3 is 4.74 Å². The summed E-state index contributed by atoms with van der Waals surface area (Å²) in [5.41, 5.74) is 3.18. The predicted octanol–water partition coefficient (Wildman–Crippen LogP) is 6.95. The van der Waals surface area contributed by atoms with Gasteiger partial charge in [0.15, 0.2) is 0 Å². The van der Waals surface area contributed by atoms with Crippen LogP contribution in [0.4, 0.5) is 4.79 Å². The molecule has 0 N–H and O–H groups in total. The Morgan fingerprint density at radius 3 is 2.55 bits per heavy atom. The Morgan fingerprint density at radius 2 is 1.84 bits per heavy atom. The third kappa shape index (κ3) is 5.60. The molecule has 0 radical (unpaired) electrons. The Hall–Kier alpha value is -2.05. The molecular weight excluding hydrogens is 474 g/mol. The molecule has 2 aromatic carbocycles. The van der Waals surface area contributed by atoms with Crippen molar-refractivity contribution in [1.82, 2.24) is 4.90 Å². The Labute approximate surface area is 196 Å². The topological polar surface area (TPSA) is 46.6 Å². The molecule has 0 atom stereocenters. The number of rotatable bonds is 6. The molecule has 0 bridgehead atoms. The highest BCUT2D eigenvalue weighted by Crippen LogP contribution is 2.36. The van der Waals surface area contributed by atoms with Gasteiger partial charge in [-0.2, -0.15) is 0 Å². The van der Waals surface area contributed by atoms with Crippen LogP contribution >= 0.6 is 27.7 Å². The van der Waals surface area contributed by atoms with Crippen molar-refractivity contribution in [2.24, 2.45) is 5.92 Å². The van der Waals surface area contributed by atoms with Gasteiger partial charge in [-0.25, -0.2) is 0 Å². The zero-order chi connectivity index (χ0) is 21.8. The van der Waals surface area contributed by atoms with Gasteiger partial charge in [0.25, 0.3) is 11.1 Å². The van der Waals surface area contributed by atoms with Crippen molar-refractivity contribution in [2.45, 2.75) is 45.6 Å². The Morgan fingerprint density at radius 1 is 1.10 bits per heavy atom. The summed E-state index contributed by atoms with van der Waals surface area (Å²) in [6, 6.07) is 14.0. The van der Waals surface area contributed by atoms with Gasteiger partial charge in [0, 0.05) is 6.54 Å². The fraction of sp³-hybridized carbons (Fsp3) is 0.360. The smallest absolute Gasteiger partial charge is 0.293 e. The van der Waals surface area contributed by atoms with Crippen LogP contribution in [0.25, 0.3) is 6.08 Å². The molecule has 1 aliphatic carbocycles. The molecule has 2 amide bonds. The summed E-state index contributed by atoms with van der Waals surface area (Å²) in [6.45, 7) is 3.10. The number of hydrogen-bond donors (Lipinski definition) is 0. The number of hydrogen-bond acceptors (Lipinski definition) is 4. The van der Waals surface area contributed by atoms with E-state index < -0.39 is 0 Å². The standard InChI is InChI=1S/C25H26BrNO3S/c1-17-7-9-19(10-8-17)16-30-22-12-11-20(13-21(22)26)14-23-24(28)27(25(29)31-23)15-18-5-3-2-4-6-18/h7-14,18H,2-6,15-16H2,1H3/b23-14+. The molecule has 1 saturated carbocycles. The van der Waals surface area contributed by atoms with Gasteiger partial charge in [-0.05, 0) is 82.7 Å². The van der Waals surface area contributed by atoms with Crippen LogP contribution in [0.1, 0.15) is 48.8 Å². The number of imide groups is 1. The number of amides is 2. The van der Waals surface area contributed by atoms with Gasteiger partial charge in [0.05, 0.1) is 9.38 Å². The van der Waals surface area contributed by atoms with Crippen molar-refractivity contribution in [1.29, 1.82) is 0 Å². The first-order valence-electron chi connectivity index (χ1n) is 10.7. The van der Waals surface area contributed by atoms with E-state index in [1.807, 2.05) is 18.2 Å². The lowest BCUT2D eigenvalue weighted by atomic mass is 9.89. The highest BCUT2D eigenvalue weighted by atomic mass is 79.9. The number of halogens is 1. The van der Waals surface area contributed by atoms with Crippen LogP contribution in [0, 0.1) is 12.8 Å². The number of thioether (sulfide) groups is 1. The third-order valence-electron chi connectivity index (χ3n) is 5.81. The number of nitrogens with zero attached hydrogens (tertiary/aromatic N) is 1. The molecule has 0 unspecified atom stereocenters. The van der Waals surface area contributed by atoms with E-state index in [1.165, 1.54) is 29.7 Å². The molecular formula is C25H26BrNO3S. The van der Waals surface area contributed by atoms with Crippen molar-refractivity contribution in [3.63, 3.8) is 0 Å². The van der Waals surface area contributed by atoms with E-state index in [1.54, 1.807) is 6.08 Å². The van der Waals surface area contributed by atoms with E-state index in [-0.39, 0.29) is 11.1 Å². The van der Waals surface area contributed by atoms with Crippen LogP contribution in [-0.2, 0) is 11.4 Å². The Bertz CT molecular complexity index is 996. The molecule has 0 spiro atoms. The normalized spacial score (nSPS) is 18.8. The van der Waals surface area contributed by atoms with E-state index in [2.05, 4.69) is 47.1 Å². The summed E-state index contributed by atoms with van der Waals surface area (Å²) in [5, 5.41) is -0.154. The first-order valence-corrected chi connectivity index (χ1v) is 12.3. The molecule has 2 aliphatic rings. The zero-order valence-electron chi connectivity index (χ0n) is 17.6. The second-order valence-corrected chi connectivity index (χ2v) is 10.1. The molecule has 2 aromatic rings. The molecule has 4 nitrogen and oxygen atoms in total. The molecule has 1 heterocycles. The van der Waals surface area contributed by atoms with Crippen LogP contribution in [0.2, 0.25) is 0 Å². The molecule has 2 fully saturated rings. The van der Waals surface area contributed by atoms with Crippen LogP contribution in [0.5, 0.6) is 5.75 Å². The Kier molecular flexibility index (Phi) is 7.18. The van der Waals surface area contributed by atoms with E-state index in [9.17, 15) is 9.59 Å². The van der Waals surface area contributed by atoms with Gasteiger partial charge in [-0.1, -0.05) is 55.2 Å². The monoisotopic (exact) mass is 499 g/mol. The molecule has 6 heteroatoms. The summed E-state index contributed by atoms with van der Waals surface area (Å²) in [7, 11) is 0. The van der Waals surface area contributed by atoms with Gasteiger partial charge in [-0.15, -0.1) is 0 Å². The molecule has 31 heavy (non-hydrogen) atoms. The van der Waals surface area contributed by atoms with Crippen LogP contribution < -0.4 is 4.74 Å². The quantitative estimate of drug-likeness (QED) is 0.403. The summed E-state index contributed by atoms with van der Waals surface area (Å²) in [6.07, 6.45) is 7.67. The van der Waals surface area contributed by atoms with Gasteiger partial charge in [0.1, 0.15) is 12.4 Å². The lowest BCUT2D eigenvalue weighted by molar-refractivity contribution is -0.123. The van der Waals surface area contributed by atoms with E-state index >= 15 is 0 Å². The number of carbonyl (C=O) groups is 2. The molecule has 162 valence electrons. The molecule has 4 rings (SSSR count). The summed E-state index contributed by atoms with van der Waals surface area (Å²) >= 11 is 4.60. The van der Waals surface area contributed by atoms with Crippen molar-refractivity contribution < 1.29 is 14.3 Å². The van der Waals surface area contributed by atoms with Crippen molar-refractivity contribution >= 4 is 44.9 Å². The first kappa shape index (κ1) is 22.2. The SMILES string of the molecule is Cc1ccc(COc2ccc(/C=C3/SC(=O)N(CC4CCCCC4)C3=O)cc2Br)cc1. The van der Waals surface area contributed by atoms with Crippen LogP contribution in [0.15, 0.2) is 51.8 Å². The summed E-state index contributed by atoms with van der Waals surface area (Å²) in [5.74, 6) is 1.01. The zero-order valence-corrected chi connectivity index (χ0v) is 20.0. The Balaban J connectivity index is 1.41. The second kappa shape index (κ2) is 10.0. The molecule has 1 aliphatic heterocycles. The van der Waals surface area contributed by atoms with Gasteiger partial charge >= 0.3 is 0 Å². The lowest BCUT2D eigenvalue weighted by Gasteiger charge is -2.25. The first-order chi connectivity index (χ1) is 15.0. The average molecular weight is 500 g/mol. The maximum Gasteiger partial charge on any atom is 0.293 e. The van der Waals surface area contributed by atoms with E-state index in [0.717, 1.165) is 46.0 Å². The second-order valence-electron chi connectivity index (χ2n) is 8.26. The predicted molar refractivity (Wildman–Crippen MR) is 129 cm³/mol. The van der Waals surface area contributed by atoms with E-state index in [4.69, 9.17) is 4.74 Å². The fourth-order valence-corrected chi connectivity index (χ4v) is 5.37. The number of ether oxygens (including phenoxy) is 1. The van der Waals surface area contributed by atoms with Crippen molar-refractivity contribution in [3.05, 3.63) is 68.5 Å². The summed E-state index contributed by atoms with van der Waals surface area (Å²) < 4.78 is 6.74. The minimum absolute atomic E-state index is 0.154. The van der Waals surface area contributed by atoms with Crippen molar-refractivity contribution in [3.8, 4) is 5.75 Å². The van der Waals surface area contributed by atoms with Gasteiger partial charge in [0.2, 0.25) is 0 Å². The minimum Gasteiger partial charge on any atom is -0.488 e. The third-order valence-corrected chi connectivity index (χ3v) is 7.33. The van der Waals surface area contributed by atoms with Crippen molar-refractivity contribution in [2.75, 3.05) is 6.54 Å². The maximum atomic E-state index is 12.8. The largest absolute Gasteiger partial charge is 0.488 e. The lowest BCUT2D eigenvalue weighted by Crippen LogP contribution is -2.34.